The van der Waals surface area contributed by atoms with Gasteiger partial charge in [-0.15, -0.1) is 0 Å². The average molecular weight is 238 g/mol. The first kappa shape index (κ1) is 15.4. The second-order valence-corrected chi connectivity index (χ2v) is 3.18. The molecule has 2 heterocycles. The maximum Gasteiger partial charge on any atom is 0.275 e. The van der Waals surface area contributed by atoms with Gasteiger partial charge in [-0.05, 0) is 0 Å². The van der Waals surface area contributed by atoms with Crippen molar-refractivity contribution in [2.45, 2.75) is 40.7 Å². The van der Waals surface area contributed by atoms with Gasteiger partial charge in [0.05, 0.1) is 11.8 Å². The quantitative estimate of drug-likeness (QED) is 0.711. The summed E-state index contributed by atoms with van der Waals surface area (Å²) in [5, 5.41) is 0. The smallest absolute Gasteiger partial charge is 0.275 e. The molecule has 0 aliphatic carbocycles. The fraction of sp³-hybridized carbons (Fsp3) is 0.500. The van der Waals surface area contributed by atoms with E-state index in [1.165, 1.54) is 12.7 Å². The van der Waals surface area contributed by atoms with Gasteiger partial charge in [-0.1, -0.05) is 34.1 Å². The van der Waals surface area contributed by atoms with Crippen LogP contribution in [0.25, 0.3) is 11.0 Å². The number of H-pyrrole nitrogens is 2. The summed E-state index contributed by atoms with van der Waals surface area (Å²) >= 11 is 0. The van der Waals surface area contributed by atoms with Gasteiger partial charge in [0.2, 0.25) is 0 Å². The molecule has 2 rings (SSSR count). The Morgan fingerprint density at radius 1 is 1.29 bits per heavy atom. The molecule has 0 saturated heterocycles. The molecular weight excluding hydrogens is 216 g/mol. The molecule has 2 aromatic heterocycles. The fourth-order valence-electron chi connectivity index (χ4n) is 1.16. The summed E-state index contributed by atoms with van der Waals surface area (Å²) in [5.41, 5.74) is 7.27. The number of rotatable bonds is 1. The second kappa shape index (κ2) is 8.52. The Morgan fingerprint density at radius 3 is 2.41 bits per heavy atom. The van der Waals surface area contributed by atoms with Crippen LogP contribution in [-0.4, -0.2) is 15.0 Å². The number of nitrogens with zero attached hydrogens (tertiary/aromatic N) is 1. The lowest BCUT2D eigenvalue weighted by Crippen LogP contribution is -2.06. The van der Waals surface area contributed by atoms with Gasteiger partial charge < -0.3 is 15.7 Å². The lowest BCUT2D eigenvalue weighted by Gasteiger charge is -1.89. The van der Waals surface area contributed by atoms with E-state index in [4.69, 9.17) is 5.73 Å². The van der Waals surface area contributed by atoms with Crippen LogP contribution in [0.15, 0.2) is 17.3 Å². The third-order valence-electron chi connectivity index (χ3n) is 1.77. The molecule has 0 saturated carbocycles. The van der Waals surface area contributed by atoms with E-state index in [1.807, 2.05) is 13.8 Å². The van der Waals surface area contributed by atoms with Gasteiger partial charge >= 0.3 is 0 Å². The first-order valence-electron chi connectivity index (χ1n) is 5.98. The fourth-order valence-corrected chi connectivity index (χ4v) is 1.16. The molecule has 2 aromatic rings. The molecular formula is C12H22N4O. The Kier molecular flexibility index (Phi) is 7.71. The molecule has 0 bridgehead atoms. The van der Waals surface area contributed by atoms with Gasteiger partial charge in [0, 0.05) is 18.3 Å². The average Bonchev–Trinajstić information content (AvgIpc) is 2.77. The number of hydrogen-bond acceptors (Lipinski definition) is 3. The SMILES string of the molecule is CC.CCC.NCc1c[nH]c2c(=O)[nH]cnc12. The van der Waals surface area contributed by atoms with E-state index in [2.05, 4.69) is 28.8 Å². The van der Waals surface area contributed by atoms with Gasteiger partial charge in [-0.3, -0.25) is 4.79 Å². The van der Waals surface area contributed by atoms with E-state index < -0.39 is 0 Å². The number of aromatic amines is 2. The minimum absolute atomic E-state index is 0.167. The summed E-state index contributed by atoms with van der Waals surface area (Å²) in [6.07, 6.45) is 4.32. The number of aromatic nitrogens is 3. The number of fused-ring (bicyclic) bond motifs is 1. The third kappa shape index (κ3) is 4.03. The Morgan fingerprint density at radius 2 is 1.88 bits per heavy atom. The molecule has 0 amide bonds. The van der Waals surface area contributed by atoms with Crippen LogP contribution in [0.1, 0.15) is 39.7 Å². The zero-order valence-electron chi connectivity index (χ0n) is 11.0. The minimum atomic E-state index is -0.167. The maximum absolute atomic E-state index is 11.1. The largest absolute Gasteiger partial charge is 0.355 e. The molecule has 0 aliphatic rings. The van der Waals surface area contributed by atoms with Crippen LogP contribution in [0.5, 0.6) is 0 Å². The lowest BCUT2D eigenvalue weighted by atomic mass is 10.3. The van der Waals surface area contributed by atoms with Crippen LogP contribution in [0.2, 0.25) is 0 Å². The van der Waals surface area contributed by atoms with Crippen LogP contribution >= 0.6 is 0 Å². The summed E-state index contributed by atoms with van der Waals surface area (Å²) in [5.74, 6) is 0. The van der Waals surface area contributed by atoms with Crippen LogP contribution in [0, 0.1) is 0 Å². The van der Waals surface area contributed by atoms with Crippen LogP contribution in [-0.2, 0) is 6.54 Å². The summed E-state index contributed by atoms with van der Waals surface area (Å²) < 4.78 is 0. The number of nitrogens with one attached hydrogen (secondary N) is 2. The minimum Gasteiger partial charge on any atom is -0.355 e. The number of hydrogen-bond donors (Lipinski definition) is 3. The molecule has 0 unspecified atom stereocenters. The van der Waals surface area contributed by atoms with Crippen molar-refractivity contribution in [2.24, 2.45) is 5.73 Å². The van der Waals surface area contributed by atoms with Crippen molar-refractivity contribution in [2.75, 3.05) is 0 Å². The van der Waals surface area contributed by atoms with Crippen molar-refractivity contribution in [3.8, 4) is 0 Å². The van der Waals surface area contributed by atoms with E-state index in [9.17, 15) is 4.79 Å². The monoisotopic (exact) mass is 238 g/mol. The van der Waals surface area contributed by atoms with Crippen LogP contribution in [0.3, 0.4) is 0 Å². The maximum atomic E-state index is 11.1. The van der Waals surface area contributed by atoms with Gasteiger partial charge in [-0.2, -0.15) is 0 Å². The van der Waals surface area contributed by atoms with Gasteiger partial charge in [-0.25, -0.2) is 4.98 Å². The molecule has 0 aliphatic heterocycles. The molecule has 4 N–H and O–H groups in total. The predicted octanol–water partition coefficient (Wildman–Crippen LogP) is 2.15. The molecule has 5 nitrogen and oxygen atoms in total. The van der Waals surface area contributed by atoms with E-state index in [0.29, 0.717) is 17.6 Å². The molecule has 0 fully saturated rings. The van der Waals surface area contributed by atoms with Crippen molar-refractivity contribution in [3.05, 3.63) is 28.4 Å². The Hall–Kier alpha value is -1.62. The van der Waals surface area contributed by atoms with Crippen LogP contribution < -0.4 is 11.3 Å². The molecule has 17 heavy (non-hydrogen) atoms. The van der Waals surface area contributed by atoms with Crippen molar-refractivity contribution in [1.29, 1.82) is 0 Å². The van der Waals surface area contributed by atoms with Crippen LogP contribution in [0.4, 0.5) is 0 Å². The Bertz CT molecular complexity index is 473. The van der Waals surface area contributed by atoms with Crippen molar-refractivity contribution in [3.63, 3.8) is 0 Å². The molecule has 0 spiro atoms. The molecule has 0 aromatic carbocycles. The van der Waals surface area contributed by atoms with Crippen molar-refractivity contribution < 1.29 is 0 Å². The zero-order chi connectivity index (χ0) is 13.3. The second-order valence-electron chi connectivity index (χ2n) is 3.18. The van der Waals surface area contributed by atoms with Gasteiger partial charge in [0.15, 0.2) is 0 Å². The highest BCUT2D eigenvalue weighted by Gasteiger charge is 2.04. The van der Waals surface area contributed by atoms with E-state index >= 15 is 0 Å². The zero-order valence-corrected chi connectivity index (χ0v) is 11.0. The van der Waals surface area contributed by atoms with Crippen molar-refractivity contribution >= 4 is 11.0 Å². The third-order valence-corrected chi connectivity index (χ3v) is 1.77. The molecule has 0 atom stereocenters. The van der Waals surface area contributed by atoms with Gasteiger partial charge in [0.1, 0.15) is 5.52 Å². The van der Waals surface area contributed by atoms with Gasteiger partial charge in [0.25, 0.3) is 5.56 Å². The summed E-state index contributed by atoms with van der Waals surface area (Å²) in [4.78, 5) is 20.4. The summed E-state index contributed by atoms with van der Waals surface area (Å²) in [6.45, 7) is 8.64. The standard InChI is InChI=1S/C7H8N4O.C3H8.C2H6/c8-1-4-2-9-6-5(4)10-3-11-7(6)12;1-3-2;1-2/h2-3,9H,1,8H2,(H,10,11,12);3H2,1-2H3;1-2H3. The topological polar surface area (TPSA) is 87.6 Å². The molecule has 96 valence electrons. The summed E-state index contributed by atoms with van der Waals surface area (Å²) in [6, 6.07) is 0. The highest BCUT2D eigenvalue weighted by molar-refractivity contribution is 5.77. The lowest BCUT2D eigenvalue weighted by molar-refractivity contribution is 1.07. The Balaban J connectivity index is 0.000000450. The Labute approximate surface area is 101 Å². The molecule has 5 heteroatoms. The van der Waals surface area contributed by atoms with Crippen molar-refractivity contribution in [1.82, 2.24) is 15.0 Å². The number of nitrogens with two attached hydrogens (primary N) is 1. The normalized spacial score (nSPS) is 9.00. The molecule has 0 radical (unpaired) electrons. The highest BCUT2D eigenvalue weighted by Crippen LogP contribution is 2.09. The first-order chi connectivity index (χ1) is 8.24. The predicted molar refractivity (Wildman–Crippen MR) is 71.9 cm³/mol. The highest BCUT2D eigenvalue weighted by atomic mass is 16.1. The van der Waals surface area contributed by atoms with E-state index in [0.717, 1.165) is 5.56 Å². The first-order valence-corrected chi connectivity index (χ1v) is 5.98. The summed E-state index contributed by atoms with van der Waals surface area (Å²) in [7, 11) is 0. The van der Waals surface area contributed by atoms with E-state index in [-0.39, 0.29) is 5.56 Å². The van der Waals surface area contributed by atoms with E-state index in [1.54, 1.807) is 6.20 Å².